The summed E-state index contributed by atoms with van der Waals surface area (Å²) in [5.41, 5.74) is 14.1. The van der Waals surface area contributed by atoms with Gasteiger partial charge in [-0.25, -0.2) is 0 Å². The van der Waals surface area contributed by atoms with Gasteiger partial charge in [0.05, 0.1) is 0 Å². The van der Waals surface area contributed by atoms with Gasteiger partial charge in [0.25, 0.3) is 0 Å². The summed E-state index contributed by atoms with van der Waals surface area (Å²) >= 11 is 0. The van der Waals surface area contributed by atoms with Gasteiger partial charge in [0.15, 0.2) is 0 Å². The second-order valence-corrected chi connectivity index (χ2v) is 10.9. The average molecular weight is 507 g/mol. The summed E-state index contributed by atoms with van der Waals surface area (Å²) in [4.78, 5) is 0. The van der Waals surface area contributed by atoms with Gasteiger partial charge in [0.2, 0.25) is 0 Å². The molecule has 0 unspecified atom stereocenters. The number of para-hydroxylation sites is 2. The van der Waals surface area contributed by atoms with E-state index >= 15 is 0 Å². The molecule has 1 aliphatic carbocycles. The smallest absolute Gasteiger partial charge is 0.0491 e. The zero-order chi connectivity index (χ0) is 26.3. The van der Waals surface area contributed by atoms with Crippen LogP contribution in [0, 0.1) is 13.8 Å². The van der Waals surface area contributed by atoms with E-state index in [4.69, 9.17) is 0 Å². The van der Waals surface area contributed by atoms with Crippen LogP contribution >= 0.6 is 0 Å². The van der Waals surface area contributed by atoms with E-state index in [2.05, 4.69) is 132 Å². The van der Waals surface area contributed by atoms with E-state index in [-0.39, 0.29) is 0 Å². The van der Waals surface area contributed by atoms with Gasteiger partial charge in [-0.1, -0.05) is 97.1 Å². The number of allylic oxidation sites excluding steroid dienone is 2. The molecule has 0 amide bonds. The minimum absolute atomic E-state index is 0.894. The monoisotopic (exact) mass is 506 g/mol. The van der Waals surface area contributed by atoms with Crippen LogP contribution in [-0.2, 0) is 13.1 Å². The number of rotatable bonds is 6. The van der Waals surface area contributed by atoms with E-state index < -0.39 is 0 Å². The molecule has 0 N–H and O–H groups in total. The third-order valence-corrected chi connectivity index (χ3v) is 8.65. The van der Waals surface area contributed by atoms with Crippen molar-refractivity contribution >= 4 is 33.0 Å². The molecular formula is C37H34N2. The molecule has 1 aliphatic rings. The lowest BCUT2D eigenvalue weighted by molar-refractivity contribution is 0.802. The Labute approximate surface area is 230 Å². The Kier molecular flexibility index (Phi) is 5.97. The summed E-state index contributed by atoms with van der Waals surface area (Å²) < 4.78 is 5.04. The molecule has 0 spiro atoms. The van der Waals surface area contributed by atoms with Crippen LogP contribution in [0.4, 0.5) is 0 Å². The van der Waals surface area contributed by atoms with Crippen molar-refractivity contribution in [2.24, 2.45) is 0 Å². The Morgan fingerprint density at radius 3 is 1.31 bits per heavy atom. The molecule has 4 aromatic carbocycles. The molecule has 0 atom stereocenters. The van der Waals surface area contributed by atoms with E-state index in [1.165, 1.54) is 61.9 Å². The molecule has 192 valence electrons. The lowest BCUT2D eigenvalue weighted by atomic mass is 9.93. The molecule has 2 aromatic heterocycles. The van der Waals surface area contributed by atoms with Crippen LogP contribution in [0.5, 0.6) is 0 Å². The first kappa shape index (κ1) is 23.8. The predicted molar refractivity (Wildman–Crippen MR) is 165 cm³/mol. The van der Waals surface area contributed by atoms with Gasteiger partial charge in [0, 0.05) is 57.4 Å². The highest BCUT2D eigenvalue weighted by atomic mass is 15.0. The molecule has 0 fully saturated rings. The molecule has 6 aromatic rings. The molecule has 2 heterocycles. The highest BCUT2D eigenvalue weighted by Crippen LogP contribution is 2.47. The minimum atomic E-state index is 0.894. The van der Waals surface area contributed by atoms with Crippen LogP contribution < -0.4 is 0 Å². The average Bonchev–Trinajstić information content (AvgIpc) is 3.63. The van der Waals surface area contributed by atoms with Crippen LogP contribution in [-0.4, -0.2) is 9.13 Å². The summed E-state index contributed by atoms with van der Waals surface area (Å²) in [6, 6.07) is 39.7. The normalized spacial score (nSPS) is 13.7. The number of nitrogens with zero attached hydrogens (tertiary/aromatic N) is 2. The summed E-state index contributed by atoms with van der Waals surface area (Å²) in [5.74, 6) is 0. The zero-order valence-electron chi connectivity index (χ0n) is 22.8. The summed E-state index contributed by atoms with van der Waals surface area (Å²) in [6.45, 7) is 6.44. The fourth-order valence-corrected chi connectivity index (χ4v) is 6.86. The van der Waals surface area contributed by atoms with Crippen LogP contribution in [0.25, 0.3) is 33.0 Å². The molecule has 7 rings (SSSR count). The highest BCUT2D eigenvalue weighted by Gasteiger charge is 2.27. The van der Waals surface area contributed by atoms with E-state index in [1.54, 1.807) is 11.1 Å². The van der Waals surface area contributed by atoms with Gasteiger partial charge in [-0.05, 0) is 67.5 Å². The van der Waals surface area contributed by atoms with Crippen LogP contribution in [0.3, 0.4) is 0 Å². The molecule has 39 heavy (non-hydrogen) atoms. The lowest BCUT2D eigenvalue weighted by Gasteiger charge is -2.13. The number of benzene rings is 4. The fraction of sp³-hybridized carbons (Fsp3) is 0.189. The van der Waals surface area contributed by atoms with E-state index in [9.17, 15) is 0 Å². The van der Waals surface area contributed by atoms with Crippen molar-refractivity contribution in [3.8, 4) is 0 Å². The maximum absolute atomic E-state index is 2.52. The molecule has 0 radical (unpaired) electrons. The van der Waals surface area contributed by atoms with E-state index in [0.29, 0.717) is 0 Å². The fourth-order valence-electron chi connectivity index (χ4n) is 6.86. The Bertz CT molecular complexity index is 1700. The highest BCUT2D eigenvalue weighted by molar-refractivity contribution is 6.08. The molecule has 0 aliphatic heterocycles. The Morgan fingerprint density at radius 2 is 0.872 bits per heavy atom. The van der Waals surface area contributed by atoms with Crippen molar-refractivity contribution in [3.05, 3.63) is 143 Å². The second kappa shape index (κ2) is 9.78. The zero-order valence-corrected chi connectivity index (χ0v) is 22.8. The third-order valence-electron chi connectivity index (χ3n) is 8.65. The van der Waals surface area contributed by atoms with Crippen molar-refractivity contribution in [1.82, 2.24) is 9.13 Å². The first-order valence-corrected chi connectivity index (χ1v) is 14.2. The van der Waals surface area contributed by atoms with E-state index in [0.717, 1.165) is 25.9 Å². The summed E-state index contributed by atoms with van der Waals surface area (Å²) in [6.07, 6.45) is 3.47. The van der Waals surface area contributed by atoms with Gasteiger partial charge in [-0.2, -0.15) is 0 Å². The van der Waals surface area contributed by atoms with Crippen molar-refractivity contribution < 1.29 is 0 Å². The first-order valence-electron chi connectivity index (χ1n) is 14.2. The standard InChI is InChI=1S/C37H34N2/c1-26-36(32-18-9-11-22-34(32)38(26)24-28-14-5-3-6-15-28)30-20-13-21-31(30)37-27(2)39(25-29-16-7-4-8-17-29)35-23-12-10-19-33(35)37/h3-12,14-19,22-23H,13,20-21,24-25H2,1-2H3. The van der Waals surface area contributed by atoms with Crippen LogP contribution in [0.15, 0.2) is 109 Å². The van der Waals surface area contributed by atoms with Crippen molar-refractivity contribution in [2.75, 3.05) is 0 Å². The largest absolute Gasteiger partial charge is 0.340 e. The van der Waals surface area contributed by atoms with Crippen molar-refractivity contribution in [1.29, 1.82) is 0 Å². The van der Waals surface area contributed by atoms with Crippen LogP contribution in [0.2, 0.25) is 0 Å². The van der Waals surface area contributed by atoms with Gasteiger partial charge in [-0.15, -0.1) is 0 Å². The molecule has 2 nitrogen and oxygen atoms in total. The molecule has 0 saturated heterocycles. The summed E-state index contributed by atoms with van der Waals surface area (Å²) in [7, 11) is 0. The predicted octanol–water partition coefficient (Wildman–Crippen LogP) is 9.40. The number of hydrogen-bond acceptors (Lipinski definition) is 0. The number of hydrogen-bond donors (Lipinski definition) is 0. The van der Waals surface area contributed by atoms with Crippen molar-refractivity contribution in [2.45, 2.75) is 46.2 Å². The Balaban J connectivity index is 1.43. The second-order valence-electron chi connectivity index (χ2n) is 10.9. The molecule has 2 heteroatoms. The Hall–Kier alpha value is -4.30. The lowest BCUT2D eigenvalue weighted by Crippen LogP contribution is -2.03. The maximum atomic E-state index is 2.52. The first-order chi connectivity index (χ1) is 19.2. The Morgan fingerprint density at radius 1 is 0.487 bits per heavy atom. The van der Waals surface area contributed by atoms with Crippen LogP contribution in [0.1, 0.15) is 52.9 Å². The SMILES string of the molecule is Cc1c(C2=C(c3c(C)n(Cc4ccccc4)c4ccccc34)CCC2)c2ccccc2n1Cc1ccccc1. The quantitative estimate of drug-likeness (QED) is 0.213. The number of fused-ring (bicyclic) bond motifs is 2. The van der Waals surface area contributed by atoms with Gasteiger partial charge < -0.3 is 9.13 Å². The van der Waals surface area contributed by atoms with Gasteiger partial charge in [0.1, 0.15) is 0 Å². The minimum Gasteiger partial charge on any atom is -0.340 e. The third kappa shape index (κ3) is 4.03. The molecule has 0 bridgehead atoms. The van der Waals surface area contributed by atoms with Gasteiger partial charge in [-0.3, -0.25) is 0 Å². The van der Waals surface area contributed by atoms with Gasteiger partial charge >= 0.3 is 0 Å². The molecular weight excluding hydrogens is 472 g/mol. The number of aromatic nitrogens is 2. The van der Waals surface area contributed by atoms with E-state index in [1.807, 2.05) is 0 Å². The molecule has 0 saturated carbocycles. The van der Waals surface area contributed by atoms with Crippen molar-refractivity contribution in [3.63, 3.8) is 0 Å². The maximum Gasteiger partial charge on any atom is 0.0491 e. The summed E-state index contributed by atoms with van der Waals surface area (Å²) in [5, 5.41) is 2.76. The topological polar surface area (TPSA) is 9.86 Å².